The molecule has 11 heteroatoms. The standard InChI is InChI=1S/C21H31BrN4O5S/c1-14(21(23)28)2-5-20(27)26(15-6-9-25-13-15)32(29,30)17-3-4-19(18(22)12-17)31-16-7-10-24-11-8-16/h3-4,12,14-16,24-25H,2,5-11,13H2,1H3,(H2,23,28)/t14-,15-/m0/s1. The van der Waals surface area contributed by atoms with Gasteiger partial charge in [-0.15, -0.1) is 0 Å². The average molecular weight is 531 g/mol. The highest BCUT2D eigenvalue weighted by molar-refractivity contribution is 9.10. The number of sulfonamides is 1. The van der Waals surface area contributed by atoms with Gasteiger partial charge in [0.1, 0.15) is 11.9 Å². The predicted molar refractivity (Wildman–Crippen MR) is 124 cm³/mol. The summed E-state index contributed by atoms with van der Waals surface area (Å²) in [4.78, 5) is 24.4. The van der Waals surface area contributed by atoms with Crippen LogP contribution in [0.3, 0.4) is 0 Å². The van der Waals surface area contributed by atoms with Crippen LogP contribution in [-0.2, 0) is 19.6 Å². The Morgan fingerprint density at radius 1 is 1.22 bits per heavy atom. The monoisotopic (exact) mass is 530 g/mol. The molecule has 32 heavy (non-hydrogen) atoms. The summed E-state index contributed by atoms with van der Waals surface area (Å²) in [6, 6.07) is 4.12. The number of nitrogens with one attached hydrogen (secondary N) is 2. The molecule has 2 heterocycles. The van der Waals surface area contributed by atoms with Gasteiger partial charge in [-0.2, -0.15) is 0 Å². The van der Waals surface area contributed by atoms with Crippen LogP contribution in [0.2, 0.25) is 0 Å². The van der Waals surface area contributed by atoms with Crippen LogP contribution < -0.4 is 21.1 Å². The molecule has 0 aromatic heterocycles. The van der Waals surface area contributed by atoms with Gasteiger partial charge >= 0.3 is 0 Å². The minimum Gasteiger partial charge on any atom is -0.489 e. The molecule has 9 nitrogen and oxygen atoms in total. The van der Waals surface area contributed by atoms with Crippen molar-refractivity contribution in [3.63, 3.8) is 0 Å². The minimum atomic E-state index is -4.09. The van der Waals surface area contributed by atoms with Crippen LogP contribution in [0.4, 0.5) is 0 Å². The summed E-state index contributed by atoms with van der Waals surface area (Å²) in [5.41, 5.74) is 5.28. The van der Waals surface area contributed by atoms with Crippen LogP contribution in [-0.4, -0.2) is 62.9 Å². The molecule has 4 N–H and O–H groups in total. The Balaban J connectivity index is 1.81. The fourth-order valence-electron chi connectivity index (χ4n) is 3.91. The number of hydrogen-bond acceptors (Lipinski definition) is 7. The summed E-state index contributed by atoms with van der Waals surface area (Å²) in [7, 11) is -4.09. The number of amides is 2. The number of nitrogens with two attached hydrogens (primary N) is 1. The number of ether oxygens (including phenoxy) is 1. The van der Waals surface area contributed by atoms with Gasteiger partial charge in [0.25, 0.3) is 10.0 Å². The Hall–Kier alpha value is -1.69. The number of benzene rings is 1. The highest BCUT2D eigenvalue weighted by atomic mass is 79.9. The van der Waals surface area contributed by atoms with Crippen LogP contribution in [0.5, 0.6) is 5.75 Å². The Labute approximate surface area is 197 Å². The van der Waals surface area contributed by atoms with Gasteiger partial charge in [0.15, 0.2) is 0 Å². The summed E-state index contributed by atoms with van der Waals surface area (Å²) in [5.74, 6) is -0.974. The van der Waals surface area contributed by atoms with E-state index in [-0.39, 0.29) is 23.8 Å². The summed E-state index contributed by atoms with van der Waals surface area (Å²) in [6.07, 6.45) is 2.50. The maximum atomic E-state index is 13.5. The van der Waals surface area contributed by atoms with Crippen LogP contribution in [0.1, 0.15) is 39.0 Å². The van der Waals surface area contributed by atoms with E-state index in [1.807, 2.05) is 0 Å². The van der Waals surface area contributed by atoms with E-state index < -0.39 is 33.8 Å². The maximum absolute atomic E-state index is 13.5. The van der Waals surface area contributed by atoms with Crippen LogP contribution in [0, 0.1) is 5.92 Å². The topological polar surface area (TPSA) is 131 Å². The van der Waals surface area contributed by atoms with Crippen molar-refractivity contribution in [1.82, 2.24) is 14.9 Å². The highest BCUT2D eigenvalue weighted by Crippen LogP contribution is 2.32. The Morgan fingerprint density at radius 2 is 1.91 bits per heavy atom. The zero-order valence-electron chi connectivity index (χ0n) is 18.2. The lowest BCUT2D eigenvalue weighted by atomic mass is 10.0. The number of carbonyl (C=O) groups excluding carboxylic acids is 2. The first-order valence-corrected chi connectivity index (χ1v) is 13.2. The molecule has 0 unspecified atom stereocenters. The molecular formula is C21H31BrN4O5S. The molecule has 3 rings (SSSR count). The molecular weight excluding hydrogens is 500 g/mol. The van der Waals surface area contributed by atoms with Crippen LogP contribution in [0.15, 0.2) is 27.6 Å². The molecule has 0 spiro atoms. The van der Waals surface area contributed by atoms with Crippen molar-refractivity contribution in [2.75, 3.05) is 26.2 Å². The van der Waals surface area contributed by atoms with Gasteiger partial charge in [-0.3, -0.25) is 9.59 Å². The molecule has 0 saturated carbocycles. The normalized spacial score (nSPS) is 20.6. The van der Waals surface area contributed by atoms with Gasteiger partial charge in [0.2, 0.25) is 11.8 Å². The van der Waals surface area contributed by atoms with Gasteiger partial charge < -0.3 is 21.1 Å². The number of rotatable bonds is 9. The highest BCUT2D eigenvalue weighted by Gasteiger charge is 2.37. The molecule has 2 amide bonds. The molecule has 2 fully saturated rings. The van der Waals surface area contributed by atoms with E-state index in [1.54, 1.807) is 13.0 Å². The minimum absolute atomic E-state index is 0.0187. The number of hydrogen-bond donors (Lipinski definition) is 3. The lowest BCUT2D eigenvalue weighted by Gasteiger charge is -2.29. The van der Waals surface area contributed by atoms with E-state index in [0.717, 1.165) is 30.2 Å². The van der Waals surface area contributed by atoms with Crippen molar-refractivity contribution in [1.29, 1.82) is 0 Å². The van der Waals surface area contributed by atoms with E-state index in [4.69, 9.17) is 10.5 Å². The van der Waals surface area contributed by atoms with Crippen molar-refractivity contribution in [2.45, 2.75) is 56.1 Å². The van der Waals surface area contributed by atoms with Gasteiger partial charge in [-0.25, -0.2) is 12.7 Å². The molecule has 1 aromatic carbocycles. The molecule has 0 bridgehead atoms. The maximum Gasteiger partial charge on any atom is 0.266 e. The third-order valence-corrected chi connectivity index (χ3v) is 8.42. The first-order chi connectivity index (χ1) is 15.2. The summed E-state index contributed by atoms with van der Waals surface area (Å²) in [6.45, 7) is 4.43. The van der Waals surface area contributed by atoms with Gasteiger partial charge in [0.05, 0.1) is 15.4 Å². The Morgan fingerprint density at radius 3 is 2.50 bits per heavy atom. The summed E-state index contributed by atoms with van der Waals surface area (Å²) in [5, 5.41) is 6.39. The molecule has 2 aliphatic heterocycles. The molecule has 0 radical (unpaired) electrons. The van der Waals surface area contributed by atoms with E-state index in [2.05, 4.69) is 26.6 Å². The SMILES string of the molecule is C[C@@H](CCC(=O)N([C@H]1CCNC1)S(=O)(=O)c1ccc(OC2CCNCC2)c(Br)c1)C(N)=O. The third kappa shape index (κ3) is 6.00. The summed E-state index contributed by atoms with van der Waals surface area (Å²) >= 11 is 3.43. The first kappa shape index (κ1) is 24.9. The molecule has 2 saturated heterocycles. The number of carbonyl (C=O) groups is 2. The van der Waals surface area contributed by atoms with Crippen molar-refractivity contribution in [3.8, 4) is 5.75 Å². The fourth-order valence-corrected chi connectivity index (χ4v) is 6.20. The fraction of sp³-hybridized carbons (Fsp3) is 0.619. The van der Waals surface area contributed by atoms with E-state index in [9.17, 15) is 18.0 Å². The Bertz CT molecular complexity index is 930. The first-order valence-electron chi connectivity index (χ1n) is 10.9. The van der Waals surface area contributed by atoms with Crippen molar-refractivity contribution < 1.29 is 22.7 Å². The Kier molecular flexibility index (Phi) is 8.54. The average Bonchev–Trinajstić information content (AvgIpc) is 3.28. The smallest absolute Gasteiger partial charge is 0.266 e. The summed E-state index contributed by atoms with van der Waals surface area (Å²) < 4.78 is 34.6. The predicted octanol–water partition coefficient (Wildman–Crippen LogP) is 1.36. The van der Waals surface area contributed by atoms with Crippen LogP contribution >= 0.6 is 15.9 Å². The lowest BCUT2D eigenvalue weighted by Crippen LogP contribution is -2.45. The molecule has 0 aliphatic carbocycles. The van der Waals surface area contributed by atoms with Crippen molar-refractivity contribution in [2.24, 2.45) is 11.7 Å². The zero-order valence-corrected chi connectivity index (χ0v) is 20.6. The second kappa shape index (κ2) is 11.0. The lowest BCUT2D eigenvalue weighted by molar-refractivity contribution is -0.128. The van der Waals surface area contributed by atoms with Gasteiger partial charge in [0, 0.05) is 18.9 Å². The second-order valence-electron chi connectivity index (χ2n) is 8.34. The van der Waals surface area contributed by atoms with Gasteiger partial charge in [-0.1, -0.05) is 6.92 Å². The van der Waals surface area contributed by atoms with E-state index >= 15 is 0 Å². The number of nitrogens with zero attached hydrogens (tertiary/aromatic N) is 1. The van der Waals surface area contributed by atoms with Crippen molar-refractivity contribution >= 4 is 37.8 Å². The second-order valence-corrected chi connectivity index (χ2v) is 11.0. The number of halogens is 1. The van der Waals surface area contributed by atoms with Crippen LogP contribution in [0.25, 0.3) is 0 Å². The molecule has 1 aromatic rings. The van der Waals surface area contributed by atoms with E-state index in [0.29, 0.717) is 29.7 Å². The van der Waals surface area contributed by atoms with E-state index in [1.165, 1.54) is 12.1 Å². The molecule has 2 atom stereocenters. The largest absolute Gasteiger partial charge is 0.489 e. The van der Waals surface area contributed by atoms with Gasteiger partial charge in [-0.05, 0) is 79.4 Å². The third-order valence-electron chi connectivity index (χ3n) is 5.93. The zero-order chi connectivity index (χ0) is 23.3. The number of piperidine rings is 1. The molecule has 2 aliphatic rings. The van der Waals surface area contributed by atoms with Crippen molar-refractivity contribution in [3.05, 3.63) is 22.7 Å². The number of primary amides is 1. The molecule has 178 valence electrons. The quantitative estimate of drug-likeness (QED) is 0.439.